The molecule has 5 nitrogen and oxygen atoms in total. The van der Waals surface area contributed by atoms with Crippen molar-refractivity contribution >= 4 is 8.80 Å². The van der Waals surface area contributed by atoms with Crippen molar-refractivity contribution in [3.05, 3.63) is 0 Å². The van der Waals surface area contributed by atoms with Crippen molar-refractivity contribution in [2.45, 2.75) is 19.5 Å². The van der Waals surface area contributed by atoms with Crippen molar-refractivity contribution < 1.29 is 13.3 Å². The molecule has 0 amide bonds. The fraction of sp³-hybridized carbons (Fsp3) is 1.00. The molecular formula is C7H20N2O3Si. The Morgan fingerprint density at radius 1 is 1.23 bits per heavy atom. The van der Waals surface area contributed by atoms with E-state index in [0.717, 1.165) is 6.42 Å². The molecule has 0 aromatic heterocycles. The first kappa shape index (κ1) is 13.0. The quantitative estimate of drug-likeness (QED) is 0.444. The average Bonchev–Trinajstić information content (AvgIpc) is 2.20. The second-order valence-electron chi connectivity index (χ2n) is 2.69. The molecule has 0 saturated heterocycles. The van der Waals surface area contributed by atoms with E-state index in [4.69, 9.17) is 19.0 Å². The van der Waals surface area contributed by atoms with Crippen LogP contribution in [-0.2, 0) is 13.3 Å². The highest BCUT2D eigenvalue weighted by Crippen LogP contribution is 2.03. The molecule has 0 aliphatic heterocycles. The van der Waals surface area contributed by atoms with Gasteiger partial charge in [-0.15, -0.1) is 0 Å². The Bertz CT molecular complexity index is 125. The second kappa shape index (κ2) is 6.47. The fourth-order valence-corrected chi connectivity index (χ4v) is 2.31. The van der Waals surface area contributed by atoms with E-state index in [-0.39, 0.29) is 6.17 Å². The molecule has 0 aliphatic rings. The zero-order valence-electron chi connectivity index (χ0n) is 8.79. The predicted octanol–water partition coefficient (Wildman–Crippen LogP) is -0.312. The van der Waals surface area contributed by atoms with E-state index >= 15 is 0 Å². The van der Waals surface area contributed by atoms with E-state index in [1.165, 1.54) is 0 Å². The van der Waals surface area contributed by atoms with Crippen molar-refractivity contribution in [3.63, 3.8) is 0 Å². The molecule has 0 rings (SSSR count). The van der Waals surface area contributed by atoms with Crippen LogP contribution >= 0.6 is 0 Å². The molecule has 0 radical (unpaired) electrons. The van der Waals surface area contributed by atoms with Crippen LogP contribution in [0, 0.1) is 0 Å². The molecule has 0 aromatic carbocycles. The number of hydrogen-bond acceptors (Lipinski definition) is 5. The highest BCUT2D eigenvalue weighted by Gasteiger charge is 2.37. The standard InChI is InChI=1S/C7H20N2O3Si/c1-5-7(8)9-6-13(10-2,11-3)12-4/h7,9H,5-6,8H2,1-4H3. The fourth-order valence-electron chi connectivity index (χ4n) is 0.867. The van der Waals surface area contributed by atoms with Gasteiger partial charge in [-0.2, -0.15) is 0 Å². The van der Waals surface area contributed by atoms with Gasteiger partial charge in [-0.3, -0.25) is 5.32 Å². The van der Waals surface area contributed by atoms with Crippen LogP contribution in [0.25, 0.3) is 0 Å². The third-order valence-corrected chi connectivity index (χ3v) is 4.46. The van der Waals surface area contributed by atoms with Crippen LogP contribution < -0.4 is 11.1 Å². The Kier molecular flexibility index (Phi) is 6.48. The van der Waals surface area contributed by atoms with Crippen molar-refractivity contribution in [1.82, 2.24) is 5.32 Å². The maximum Gasteiger partial charge on any atom is 0.514 e. The summed E-state index contributed by atoms with van der Waals surface area (Å²) in [6, 6.07) is 0. The van der Waals surface area contributed by atoms with E-state index in [1.807, 2.05) is 6.92 Å². The summed E-state index contributed by atoms with van der Waals surface area (Å²) >= 11 is 0. The SMILES string of the molecule is CCC(N)NC[Si](OC)(OC)OC. The lowest BCUT2D eigenvalue weighted by Gasteiger charge is -2.25. The van der Waals surface area contributed by atoms with Gasteiger partial charge in [0, 0.05) is 21.3 Å². The Morgan fingerprint density at radius 3 is 2.00 bits per heavy atom. The molecule has 0 fully saturated rings. The number of rotatable bonds is 7. The number of hydrogen-bond donors (Lipinski definition) is 2. The molecule has 13 heavy (non-hydrogen) atoms. The Balaban J connectivity index is 3.95. The highest BCUT2D eigenvalue weighted by atomic mass is 28.4. The normalized spacial score (nSPS) is 14.5. The van der Waals surface area contributed by atoms with Gasteiger partial charge in [0.25, 0.3) is 0 Å². The third kappa shape index (κ3) is 4.16. The zero-order chi connectivity index (χ0) is 10.3. The lowest BCUT2D eigenvalue weighted by Crippen LogP contribution is -2.55. The maximum atomic E-state index is 5.69. The molecule has 0 heterocycles. The molecule has 6 heteroatoms. The van der Waals surface area contributed by atoms with Gasteiger partial charge >= 0.3 is 8.80 Å². The van der Waals surface area contributed by atoms with Crippen LogP contribution in [0.1, 0.15) is 13.3 Å². The van der Waals surface area contributed by atoms with Crippen LogP contribution in [0.15, 0.2) is 0 Å². The summed E-state index contributed by atoms with van der Waals surface area (Å²) in [4.78, 5) is 0. The van der Waals surface area contributed by atoms with Gasteiger partial charge < -0.3 is 19.0 Å². The zero-order valence-corrected chi connectivity index (χ0v) is 9.79. The summed E-state index contributed by atoms with van der Waals surface area (Å²) in [6.07, 6.45) is 1.36. The van der Waals surface area contributed by atoms with E-state index < -0.39 is 8.80 Å². The van der Waals surface area contributed by atoms with E-state index in [2.05, 4.69) is 5.32 Å². The van der Waals surface area contributed by atoms with E-state index in [0.29, 0.717) is 6.17 Å². The third-order valence-electron chi connectivity index (χ3n) is 1.95. The van der Waals surface area contributed by atoms with E-state index in [1.54, 1.807) is 21.3 Å². The molecule has 1 atom stereocenters. The van der Waals surface area contributed by atoms with Crippen molar-refractivity contribution in [3.8, 4) is 0 Å². The molecule has 0 bridgehead atoms. The van der Waals surface area contributed by atoms with Gasteiger partial charge in [0.1, 0.15) is 0 Å². The lowest BCUT2D eigenvalue weighted by atomic mass is 10.4. The monoisotopic (exact) mass is 208 g/mol. The summed E-state index contributed by atoms with van der Waals surface area (Å²) in [5, 5.41) is 3.09. The summed E-state index contributed by atoms with van der Waals surface area (Å²) in [6.45, 7) is 2.01. The number of nitrogens with two attached hydrogens (primary N) is 1. The van der Waals surface area contributed by atoms with E-state index in [9.17, 15) is 0 Å². The second-order valence-corrected chi connectivity index (χ2v) is 5.64. The summed E-state index contributed by atoms with van der Waals surface area (Å²) < 4.78 is 15.6. The predicted molar refractivity (Wildman–Crippen MR) is 53.1 cm³/mol. The molecule has 0 spiro atoms. The minimum Gasteiger partial charge on any atom is -0.376 e. The minimum absolute atomic E-state index is 0.0349. The van der Waals surface area contributed by atoms with Gasteiger partial charge in [0.15, 0.2) is 0 Å². The van der Waals surface area contributed by atoms with Crippen LogP contribution in [-0.4, -0.2) is 42.5 Å². The minimum atomic E-state index is -2.49. The van der Waals surface area contributed by atoms with Crippen molar-refractivity contribution in [1.29, 1.82) is 0 Å². The van der Waals surface area contributed by atoms with Gasteiger partial charge in [-0.05, 0) is 6.42 Å². The molecule has 0 aliphatic carbocycles. The van der Waals surface area contributed by atoms with Crippen LogP contribution in [0.3, 0.4) is 0 Å². The molecule has 3 N–H and O–H groups in total. The first-order valence-electron chi connectivity index (χ1n) is 4.28. The Morgan fingerprint density at radius 2 is 1.69 bits per heavy atom. The molecule has 0 aromatic rings. The lowest BCUT2D eigenvalue weighted by molar-refractivity contribution is 0.120. The molecule has 0 saturated carbocycles. The molecule has 80 valence electrons. The van der Waals surface area contributed by atoms with Crippen LogP contribution in [0.5, 0.6) is 0 Å². The summed E-state index contributed by atoms with van der Waals surface area (Å²) in [7, 11) is 2.26. The maximum absolute atomic E-state index is 5.69. The van der Waals surface area contributed by atoms with Gasteiger partial charge in [-0.1, -0.05) is 6.92 Å². The topological polar surface area (TPSA) is 65.7 Å². The van der Waals surface area contributed by atoms with Crippen molar-refractivity contribution in [2.75, 3.05) is 27.5 Å². The first-order chi connectivity index (χ1) is 6.14. The van der Waals surface area contributed by atoms with Gasteiger partial charge in [0.05, 0.1) is 12.3 Å². The van der Waals surface area contributed by atoms with Crippen LogP contribution in [0.4, 0.5) is 0 Å². The summed E-state index contributed by atoms with van der Waals surface area (Å²) in [5.41, 5.74) is 5.69. The first-order valence-corrected chi connectivity index (χ1v) is 6.21. The summed E-state index contributed by atoms with van der Waals surface area (Å²) in [5.74, 6) is 0. The number of nitrogens with one attached hydrogen (secondary N) is 1. The highest BCUT2D eigenvalue weighted by molar-refractivity contribution is 6.60. The largest absolute Gasteiger partial charge is 0.514 e. The molecule has 1 unspecified atom stereocenters. The smallest absolute Gasteiger partial charge is 0.376 e. The van der Waals surface area contributed by atoms with Crippen molar-refractivity contribution in [2.24, 2.45) is 5.73 Å². The molecular weight excluding hydrogens is 188 g/mol. The van der Waals surface area contributed by atoms with Gasteiger partial charge in [-0.25, -0.2) is 0 Å². The van der Waals surface area contributed by atoms with Gasteiger partial charge in [0.2, 0.25) is 0 Å². The average molecular weight is 208 g/mol. The Labute approximate surface area is 80.9 Å². The Hall–Kier alpha value is 0.0169. The van der Waals surface area contributed by atoms with Crippen LogP contribution in [0.2, 0.25) is 0 Å².